The molecular weight excluding hydrogens is 840 g/mol. The van der Waals surface area contributed by atoms with Crippen LogP contribution in [0.25, 0.3) is 101 Å². The SMILES string of the molecule is CC(C)(C)c1ccc(Nc2cc3sc4ccccc4c3cc2-c2c3c4c(c5cc6c(cc5n4-c4cc5c(cc4[B]3)sc3ccccc35)C(C)(C)CCC6(C)C)c3c2oc2ccccc23)cc1. The molecule has 0 unspecified atom stereocenters. The minimum absolute atomic E-state index is 0.0446. The average Bonchev–Trinajstić information content (AvgIpc) is 4.06. The first-order chi connectivity index (χ1) is 31.8. The summed E-state index contributed by atoms with van der Waals surface area (Å²) >= 11 is 3.75. The van der Waals surface area contributed by atoms with Crippen molar-refractivity contribution in [3.63, 3.8) is 0 Å². The molecule has 0 amide bonds. The summed E-state index contributed by atoms with van der Waals surface area (Å²) in [5.41, 5.74) is 16.8. The van der Waals surface area contributed by atoms with Crippen molar-refractivity contribution in [3.8, 4) is 16.8 Å². The fourth-order valence-electron chi connectivity index (χ4n) is 11.8. The van der Waals surface area contributed by atoms with E-state index in [0.29, 0.717) is 0 Å². The van der Waals surface area contributed by atoms with Gasteiger partial charge in [-0.25, -0.2) is 0 Å². The van der Waals surface area contributed by atoms with Gasteiger partial charge in [0.05, 0.1) is 5.52 Å². The molecule has 1 N–H and O–H groups in total. The van der Waals surface area contributed by atoms with Crippen molar-refractivity contribution >= 4 is 136 Å². The molecule has 0 saturated heterocycles. The van der Waals surface area contributed by atoms with Gasteiger partial charge in [-0.15, -0.1) is 22.7 Å². The first kappa shape index (κ1) is 38.9. The molecule has 5 heterocycles. The Morgan fingerprint density at radius 3 is 1.92 bits per heavy atom. The number of thiophene rings is 2. The molecule has 1 radical (unpaired) electrons. The number of hydrogen-bond acceptors (Lipinski definition) is 4. The van der Waals surface area contributed by atoms with Crippen LogP contribution in [0.15, 0.2) is 138 Å². The summed E-state index contributed by atoms with van der Waals surface area (Å²) < 4.78 is 15.2. The summed E-state index contributed by atoms with van der Waals surface area (Å²) in [6.07, 6.45) is 2.32. The largest absolute Gasteiger partial charge is 0.455 e. The highest BCUT2D eigenvalue weighted by molar-refractivity contribution is 7.26. The van der Waals surface area contributed by atoms with E-state index >= 15 is 0 Å². The summed E-state index contributed by atoms with van der Waals surface area (Å²) in [6, 6.07) is 50.5. The number of rotatable bonds is 3. The van der Waals surface area contributed by atoms with Gasteiger partial charge in [-0.05, 0) is 118 Å². The van der Waals surface area contributed by atoms with Gasteiger partial charge in [0.15, 0.2) is 7.28 Å². The van der Waals surface area contributed by atoms with Gasteiger partial charge in [0.25, 0.3) is 0 Å². The molecule has 0 bridgehead atoms. The standard InChI is InChI=1S/C60H48BN2OS2/c1-58(2,3)32-20-22-33(23-21-32)62-44-31-51-37(34-14-9-12-18-48(34)66-51)26-39(44)54-55-56-52(53-36-16-8-11-17-47(36)64-57(53)54)40-27-41-42(60(6,7)25-24-59(41,4)5)29-45(40)63(56)46-28-38-35-15-10-13-19-49(35)65-50(38)30-43(46)61-55/h8-23,26-31,62H,24-25H2,1-7H3. The van der Waals surface area contributed by atoms with E-state index < -0.39 is 0 Å². The minimum atomic E-state index is 0.0446. The lowest BCUT2D eigenvalue weighted by Gasteiger charge is -2.42. The van der Waals surface area contributed by atoms with E-state index in [1.807, 2.05) is 22.7 Å². The molecule has 319 valence electrons. The van der Waals surface area contributed by atoms with Crippen LogP contribution in [0.5, 0.6) is 0 Å². The summed E-state index contributed by atoms with van der Waals surface area (Å²) in [5.74, 6) is 0. The number of para-hydroxylation sites is 1. The van der Waals surface area contributed by atoms with Crippen molar-refractivity contribution in [2.24, 2.45) is 0 Å². The maximum absolute atomic E-state index is 7.34. The molecule has 1 aliphatic heterocycles. The van der Waals surface area contributed by atoms with Crippen LogP contribution in [-0.4, -0.2) is 11.8 Å². The number of nitrogens with zero attached hydrogens (tertiary/aromatic N) is 1. The van der Waals surface area contributed by atoms with Crippen LogP contribution in [0.3, 0.4) is 0 Å². The Balaban J connectivity index is 1.17. The van der Waals surface area contributed by atoms with Crippen molar-refractivity contribution in [2.75, 3.05) is 5.32 Å². The first-order valence-corrected chi connectivity index (χ1v) is 25.1. The zero-order valence-corrected chi connectivity index (χ0v) is 40.0. The van der Waals surface area contributed by atoms with E-state index in [9.17, 15) is 0 Å². The Hall–Kier alpha value is -6.34. The molecule has 1 aliphatic carbocycles. The lowest BCUT2D eigenvalue weighted by Crippen LogP contribution is -2.37. The predicted molar refractivity (Wildman–Crippen MR) is 288 cm³/mol. The van der Waals surface area contributed by atoms with Crippen LogP contribution < -0.4 is 16.2 Å². The molecule has 2 aliphatic rings. The number of furan rings is 1. The number of nitrogens with one attached hydrogen (secondary N) is 1. The lowest BCUT2D eigenvalue weighted by atomic mass is 9.58. The monoisotopic (exact) mass is 887 g/mol. The lowest BCUT2D eigenvalue weighted by molar-refractivity contribution is 0.332. The van der Waals surface area contributed by atoms with E-state index in [2.05, 4.69) is 199 Å². The number of fused-ring (bicyclic) bond motifs is 16. The fourth-order valence-corrected chi connectivity index (χ4v) is 14.0. The second-order valence-electron chi connectivity index (χ2n) is 21.4. The topological polar surface area (TPSA) is 30.1 Å². The fraction of sp³-hybridized carbons (Fsp3) is 0.200. The van der Waals surface area contributed by atoms with Crippen molar-refractivity contribution < 1.29 is 4.42 Å². The van der Waals surface area contributed by atoms with Crippen LogP contribution in [0.2, 0.25) is 0 Å². The highest BCUT2D eigenvalue weighted by Crippen LogP contribution is 2.53. The Labute approximate surface area is 392 Å². The second kappa shape index (κ2) is 13.2. The van der Waals surface area contributed by atoms with Gasteiger partial charge < -0.3 is 14.3 Å². The molecule has 6 heteroatoms. The Kier molecular flexibility index (Phi) is 7.77. The molecule has 0 fully saturated rings. The molecule has 8 aromatic carbocycles. The van der Waals surface area contributed by atoms with Gasteiger partial charge in [0.1, 0.15) is 11.2 Å². The van der Waals surface area contributed by atoms with Gasteiger partial charge in [0.2, 0.25) is 0 Å². The van der Waals surface area contributed by atoms with Crippen molar-refractivity contribution in [3.05, 3.63) is 150 Å². The Morgan fingerprint density at radius 1 is 0.606 bits per heavy atom. The number of aromatic nitrogens is 1. The summed E-state index contributed by atoms with van der Waals surface area (Å²) in [4.78, 5) is 0. The zero-order chi connectivity index (χ0) is 44.6. The molecule has 0 atom stereocenters. The van der Waals surface area contributed by atoms with E-state index in [4.69, 9.17) is 4.42 Å². The maximum atomic E-state index is 7.34. The maximum Gasteiger partial charge on any atom is 0.198 e. The van der Waals surface area contributed by atoms with Gasteiger partial charge in [-0.3, -0.25) is 0 Å². The summed E-state index contributed by atoms with van der Waals surface area (Å²) in [5, 5.41) is 14.1. The van der Waals surface area contributed by atoms with E-state index in [1.54, 1.807) is 0 Å². The highest BCUT2D eigenvalue weighted by Gasteiger charge is 2.39. The Bertz CT molecular complexity index is 4090. The molecule has 66 heavy (non-hydrogen) atoms. The Morgan fingerprint density at radius 2 is 1.23 bits per heavy atom. The predicted octanol–water partition coefficient (Wildman–Crippen LogP) is 16.4. The molecule has 14 rings (SSSR count). The average molecular weight is 888 g/mol. The first-order valence-electron chi connectivity index (χ1n) is 23.4. The quantitative estimate of drug-likeness (QED) is 0.179. The molecule has 12 aromatic rings. The molecule has 0 spiro atoms. The van der Waals surface area contributed by atoms with Crippen LogP contribution >= 0.6 is 22.7 Å². The van der Waals surface area contributed by atoms with Crippen LogP contribution in [0.1, 0.15) is 78.0 Å². The third-order valence-electron chi connectivity index (χ3n) is 15.4. The van der Waals surface area contributed by atoms with Crippen molar-refractivity contribution in [2.45, 2.75) is 77.6 Å². The van der Waals surface area contributed by atoms with E-state index in [1.165, 1.54) is 101 Å². The molecule has 0 saturated carbocycles. The van der Waals surface area contributed by atoms with Crippen LogP contribution in [0, 0.1) is 0 Å². The van der Waals surface area contributed by atoms with Gasteiger partial charge in [-0.2, -0.15) is 0 Å². The van der Waals surface area contributed by atoms with Gasteiger partial charge >= 0.3 is 0 Å². The normalized spacial score (nSPS) is 15.4. The van der Waals surface area contributed by atoms with E-state index in [0.717, 1.165) is 51.9 Å². The molecule has 4 aromatic heterocycles. The van der Waals surface area contributed by atoms with Gasteiger partial charge in [-0.1, -0.05) is 121 Å². The van der Waals surface area contributed by atoms with Gasteiger partial charge in [0, 0.05) is 95.6 Å². The minimum Gasteiger partial charge on any atom is -0.455 e. The van der Waals surface area contributed by atoms with Crippen LogP contribution in [-0.2, 0) is 16.2 Å². The van der Waals surface area contributed by atoms with Crippen LogP contribution in [0.4, 0.5) is 11.4 Å². The van der Waals surface area contributed by atoms with Crippen molar-refractivity contribution in [1.29, 1.82) is 0 Å². The third kappa shape index (κ3) is 5.37. The summed E-state index contributed by atoms with van der Waals surface area (Å²) in [7, 11) is 2.49. The van der Waals surface area contributed by atoms with E-state index in [-0.39, 0.29) is 16.2 Å². The number of hydrogen-bond donors (Lipinski definition) is 1. The van der Waals surface area contributed by atoms with Crippen molar-refractivity contribution in [1.82, 2.24) is 4.57 Å². The third-order valence-corrected chi connectivity index (χ3v) is 17.7. The number of anilines is 2. The second-order valence-corrected chi connectivity index (χ2v) is 23.6. The molecule has 3 nitrogen and oxygen atoms in total. The molecular formula is C60H48BN2OS2. The zero-order valence-electron chi connectivity index (χ0n) is 38.4. The smallest absolute Gasteiger partial charge is 0.198 e. The number of benzene rings is 8. The highest BCUT2D eigenvalue weighted by atomic mass is 32.1. The summed E-state index contributed by atoms with van der Waals surface area (Å²) in [6.45, 7) is 16.6.